The summed E-state index contributed by atoms with van der Waals surface area (Å²) in [5, 5.41) is 8.78. The van der Waals surface area contributed by atoms with E-state index in [1.165, 1.54) is 6.42 Å². The smallest absolute Gasteiger partial charge is 0.308 e. The van der Waals surface area contributed by atoms with E-state index in [0.717, 1.165) is 5.92 Å². The molecule has 1 fully saturated rings. The van der Waals surface area contributed by atoms with Gasteiger partial charge in [0.05, 0.1) is 19.1 Å². The molecule has 1 aliphatic heterocycles. The Balaban J connectivity index is 0.000000252. The Labute approximate surface area is 80.1 Å². The topological polar surface area (TPSA) is 46.5 Å². The molecule has 0 spiro atoms. The molecule has 0 aromatic rings. The molecule has 1 saturated heterocycles. The predicted octanol–water partition coefficient (Wildman–Crippen LogP) is 1.74. The number of hydrogen-bond donors (Lipinski definition) is 1. The van der Waals surface area contributed by atoms with Crippen molar-refractivity contribution in [1.29, 1.82) is 0 Å². The van der Waals surface area contributed by atoms with Crippen LogP contribution in [0.5, 0.6) is 0 Å². The van der Waals surface area contributed by atoms with Gasteiger partial charge in [0, 0.05) is 6.42 Å². The van der Waals surface area contributed by atoms with Crippen LogP contribution in [0.1, 0.15) is 40.0 Å². The first kappa shape index (κ1) is 12.4. The van der Waals surface area contributed by atoms with Crippen molar-refractivity contribution in [2.75, 3.05) is 6.61 Å². The Morgan fingerprint density at radius 2 is 2.15 bits per heavy atom. The molecule has 1 heterocycles. The van der Waals surface area contributed by atoms with Gasteiger partial charge in [0.15, 0.2) is 0 Å². The minimum atomic E-state index is -0.462. The molecule has 3 heteroatoms. The molecule has 0 saturated carbocycles. The molecule has 0 aliphatic carbocycles. The van der Waals surface area contributed by atoms with E-state index in [2.05, 4.69) is 25.5 Å². The van der Waals surface area contributed by atoms with E-state index in [9.17, 15) is 4.79 Å². The Hall–Kier alpha value is -0.570. The quantitative estimate of drug-likeness (QED) is 0.637. The summed E-state index contributed by atoms with van der Waals surface area (Å²) in [6.07, 6.45) is 1.60. The maximum Gasteiger partial charge on any atom is 0.308 e. The highest BCUT2D eigenvalue weighted by Gasteiger charge is 2.16. The third kappa shape index (κ3) is 7.78. The predicted molar refractivity (Wildman–Crippen MR) is 51.3 cm³/mol. The Bertz CT molecular complexity index is 143. The number of aliphatic hydroxyl groups excluding tert-OH is 1. The number of carbonyl (C=O) groups is 1. The van der Waals surface area contributed by atoms with Gasteiger partial charge in [-0.3, -0.25) is 4.79 Å². The summed E-state index contributed by atoms with van der Waals surface area (Å²) >= 11 is 0. The lowest BCUT2D eigenvalue weighted by Crippen LogP contribution is -2.24. The average Bonchev–Trinajstić information content (AvgIpc) is 2.05. The number of rotatable bonds is 1. The second kappa shape index (κ2) is 6.89. The van der Waals surface area contributed by atoms with E-state index < -0.39 is 6.10 Å². The molecule has 0 bridgehead atoms. The number of carbonyl (C=O) groups excluding carboxylic acids is 1. The van der Waals surface area contributed by atoms with Crippen LogP contribution in [-0.4, -0.2) is 23.8 Å². The molecule has 0 radical (unpaired) electrons. The van der Waals surface area contributed by atoms with Crippen molar-refractivity contribution in [3.05, 3.63) is 0 Å². The number of hydrogen-bond acceptors (Lipinski definition) is 3. The largest absolute Gasteiger partial charge is 0.465 e. The van der Waals surface area contributed by atoms with Crippen molar-refractivity contribution in [2.24, 2.45) is 5.92 Å². The monoisotopic (exact) mass is 188 g/mol. The number of ether oxygens (including phenoxy) is 1. The minimum Gasteiger partial charge on any atom is -0.465 e. The molecule has 1 rings (SSSR count). The van der Waals surface area contributed by atoms with E-state index >= 15 is 0 Å². The Morgan fingerprint density at radius 1 is 1.62 bits per heavy atom. The lowest BCUT2D eigenvalue weighted by molar-refractivity contribution is -0.151. The zero-order chi connectivity index (χ0) is 10.3. The number of esters is 1. The van der Waals surface area contributed by atoms with Crippen LogP contribution in [0, 0.1) is 5.92 Å². The van der Waals surface area contributed by atoms with Crippen LogP contribution in [0.2, 0.25) is 0 Å². The highest BCUT2D eigenvalue weighted by Crippen LogP contribution is 2.05. The van der Waals surface area contributed by atoms with E-state index in [-0.39, 0.29) is 12.4 Å². The average molecular weight is 188 g/mol. The number of cyclic esters (lactones) is 1. The molecule has 1 unspecified atom stereocenters. The van der Waals surface area contributed by atoms with Gasteiger partial charge in [0.2, 0.25) is 0 Å². The molecular formula is C10H20O3. The van der Waals surface area contributed by atoms with Gasteiger partial charge in [-0.2, -0.15) is 0 Å². The Kier molecular flexibility index (Phi) is 6.59. The van der Waals surface area contributed by atoms with Crippen LogP contribution < -0.4 is 0 Å². The lowest BCUT2D eigenvalue weighted by atomic mass is 10.2. The molecule has 1 atom stereocenters. The van der Waals surface area contributed by atoms with Crippen LogP contribution in [0.3, 0.4) is 0 Å². The van der Waals surface area contributed by atoms with Gasteiger partial charge in [-0.1, -0.05) is 27.2 Å². The third-order valence-corrected chi connectivity index (χ3v) is 1.93. The van der Waals surface area contributed by atoms with Gasteiger partial charge in [0.25, 0.3) is 0 Å². The highest BCUT2D eigenvalue weighted by molar-refractivity contribution is 5.70. The lowest BCUT2D eigenvalue weighted by Gasteiger charge is -2.15. The molecular weight excluding hydrogens is 168 g/mol. The van der Waals surface area contributed by atoms with Crippen molar-refractivity contribution in [2.45, 2.75) is 46.1 Å². The summed E-state index contributed by atoms with van der Waals surface area (Å²) < 4.78 is 4.55. The molecule has 1 N–H and O–H groups in total. The summed E-state index contributed by atoms with van der Waals surface area (Å²) in [4.78, 5) is 10.3. The summed E-state index contributed by atoms with van der Waals surface area (Å²) in [6.45, 7) is 7.02. The van der Waals surface area contributed by atoms with Gasteiger partial charge in [0.1, 0.15) is 0 Å². The first-order valence-corrected chi connectivity index (χ1v) is 4.90. The normalized spacial score (nSPS) is 21.9. The molecule has 78 valence electrons. The van der Waals surface area contributed by atoms with Gasteiger partial charge in [-0.25, -0.2) is 0 Å². The van der Waals surface area contributed by atoms with E-state index in [1.54, 1.807) is 0 Å². The maximum absolute atomic E-state index is 10.3. The second-order valence-corrected chi connectivity index (χ2v) is 3.67. The van der Waals surface area contributed by atoms with E-state index in [1.807, 2.05) is 0 Å². The maximum atomic E-state index is 10.3. The van der Waals surface area contributed by atoms with Crippen LogP contribution in [0.25, 0.3) is 0 Å². The van der Waals surface area contributed by atoms with Gasteiger partial charge >= 0.3 is 5.97 Å². The van der Waals surface area contributed by atoms with Crippen molar-refractivity contribution in [3.63, 3.8) is 0 Å². The minimum absolute atomic E-state index is 0.167. The van der Waals surface area contributed by atoms with Crippen molar-refractivity contribution in [1.82, 2.24) is 0 Å². The van der Waals surface area contributed by atoms with Crippen molar-refractivity contribution < 1.29 is 14.6 Å². The Morgan fingerprint density at radius 3 is 2.38 bits per heavy atom. The standard InChI is InChI=1S/C5H8O3.C5H12/c6-4-1-2-8-5(7)3-4;1-4-5(2)3/h4,6H,1-3H2;5H,4H2,1-3H3. The third-order valence-electron chi connectivity index (χ3n) is 1.93. The fourth-order valence-corrected chi connectivity index (χ4v) is 0.662. The van der Waals surface area contributed by atoms with E-state index in [4.69, 9.17) is 5.11 Å². The molecule has 3 nitrogen and oxygen atoms in total. The first-order valence-electron chi connectivity index (χ1n) is 4.90. The fraction of sp³-hybridized carbons (Fsp3) is 0.900. The molecule has 0 amide bonds. The molecule has 13 heavy (non-hydrogen) atoms. The van der Waals surface area contributed by atoms with Crippen molar-refractivity contribution in [3.8, 4) is 0 Å². The van der Waals surface area contributed by atoms with Crippen LogP contribution in [0.15, 0.2) is 0 Å². The SMILES string of the molecule is CCC(C)C.O=C1CC(O)CCO1. The van der Waals surface area contributed by atoms with E-state index in [0.29, 0.717) is 13.0 Å². The number of aliphatic hydroxyl groups is 1. The molecule has 0 aromatic carbocycles. The summed E-state index contributed by atoms with van der Waals surface area (Å²) in [6, 6.07) is 0. The summed E-state index contributed by atoms with van der Waals surface area (Å²) in [5.74, 6) is 0.596. The van der Waals surface area contributed by atoms with Crippen LogP contribution in [-0.2, 0) is 9.53 Å². The second-order valence-electron chi connectivity index (χ2n) is 3.67. The summed E-state index contributed by atoms with van der Waals surface area (Å²) in [5.41, 5.74) is 0. The van der Waals surface area contributed by atoms with Gasteiger partial charge in [-0.05, 0) is 5.92 Å². The van der Waals surface area contributed by atoms with Crippen LogP contribution >= 0.6 is 0 Å². The zero-order valence-corrected chi connectivity index (χ0v) is 8.75. The molecule has 1 aliphatic rings. The zero-order valence-electron chi connectivity index (χ0n) is 8.75. The first-order chi connectivity index (χ1) is 6.06. The van der Waals surface area contributed by atoms with Crippen LogP contribution in [0.4, 0.5) is 0 Å². The summed E-state index contributed by atoms with van der Waals surface area (Å²) in [7, 11) is 0. The van der Waals surface area contributed by atoms with Gasteiger partial charge in [-0.15, -0.1) is 0 Å². The van der Waals surface area contributed by atoms with Crippen molar-refractivity contribution >= 4 is 5.97 Å². The highest BCUT2D eigenvalue weighted by atomic mass is 16.5. The molecule has 0 aromatic heterocycles. The van der Waals surface area contributed by atoms with Gasteiger partial charge < -0.3 is 9.84 Å². The fourth-order valence-electron chi connectivity index (χ4n) is 0.662.